The van der Waals surface area contributed by atoms with Gasteiger partial charge in [-0.05, 0) is 36.4 Å². The summed E-state index contributed by atoms with van der Waals surface area (Å²) in [5, 5.41) is 6.30. The van der Waals surface area contributed by atoms with Crippen LogP contribution in [0.25, 0.3) is 0 Å². The zero-order valence-corrected chi connectivity index (χ0v) is 14.5. The lowest BCUT2D eigenvalue weighted by molar-refractivity contribution is -0.185. The monoisotopic (exact) mass is 392 g/mol. The summed E-state index contributed by atoms with van der Waals surface area (Å²) in [6.45, 7) is 1.29. The summed E-state index contributed by atoms with van der Waals surface area (Å²) < 4.78 is 41.7. The minimum absolute atomic E-state index is 0.0129. The van der Waals surface area contributed by atoms with Crippen molar-refractivity contribution in [3.63, 3.8) is 0 Å². The van der Waals surface area contributed by atoms with Gasteiger partial charge in [-0.25, -0.2) is 9.69 Å². The summed E-state index contributed by atoms with van der Waals surface area (Å²) in [5.74, 6) is -1.84. The smallest absolute Gasteiger partial charge is 0.347 e. The molecule has 1 heterocycles. The average Bonchev–Trinajstić information content (AvgIpc) is 2.88. The Morgan fingerprint density at radius 2 is 1.57 bits per heavy atom. The predicted molar refractivity (Wildman–Crippen MR) is 95.6 cm³/mol. The first-order valence-electron chi connectivity index (χ1n) is 8.08. The van der Waals surface area contributed by atoms with Crippen molar-refractivity contribution in [3.05, 3.63) is 54.6 Å². The van der Waals surface area contributed by atoms with Crippen LogP contribution in [-0.2, 0) is 9.59 Å². The van der Waals surface area contributed by atoms with Crippen LogP contribution < -0.4 is 20.9 Å². The molecule has 0 bridgehead atoms. The van der Waals surface area contributed by atoms with E-state index < -0.39 is 23.8 Å². The van der Waals surface area contributed by atoms with Crippen molar-refractivity contribution in [1.82, 2.24) is 5.32 Å². The van der Waals surface area contributed by atoms with Gasteiger partial charge < -0.3 is 10.6 Å². The molecule has 2 aromatic carbocycles. The molecule has 146 valence electrons. The molecule has 1 saturated heterocycles. The molecular formula is C18H15F3N4O3. The van der Waals surface area contributed by atoms with Gasteiger partial charge in [-0.2, -0.15) is 13.2 Å². The van der Waals surface area contributed by atoms with Crippen molar-refractivity contribution in [3.8, 4) is 0 Å². The SMILES string of the molecule is CC(=O)Nc1ccc(N[C@]2(C(F)(F)F)NC(=O)N(c3ccccc3)C2=O)cc1. The van der Waals surface area contributed by atoms with Gasteiger partial charge in [-0.3, -0.25) is 14.9 Å². The van der Waals surface area contributed by atoms with Crippen LogP contribution >= 0.6 is 0 Å². The lowest BCUT2D eigenvalue weighted by Crippen LogP contribution is -2.64. The van der Waals surface area contributed by atoms with Crippen molar-refractivity contribution in [2.45, 2.75) is 18.8 Å². The standard InChI is InChI=1S/C18H15F3N4O3/c1-11(26)22-12-7-9-13(10-8-12)23-17(18(19,20)21)15(27)25(16(28)24-17)14-5-3-2-4-6-14/h2-10,23H,1H3,(H,22,26)(H,24,28)/t17-/m0/s1. The Morgan fingerprint density at radius 1 is 1.00 bits per heavy atom. The van der Waals surface area contributed by atoms with Gasteiger partial charge in [0.15, 0.2) is 0 Å². The van der Waals surface area contributed by atoms with Crippen molar-refractivity contribution < 1.29 is 27.6 Å². The number of carbonyl (C=O) groups excluding carboxylic acids is 3. The molecule has 3 rings (SSSR count). The number of halogens is 3. The Morgan fingerprint density at radius 3 is 2.11 bits per heavy atom. The van der Waals surface area contributed by atoms with Gasteiger partial charge in [-0.1, -0.05) is 18.2 Å². The van der Waals surface area contributed by atoms with E-state index in [4.69, 9.17) is 0 Å². The lowest BCUT2D eigenvalue weighted by atomic mass is 10.1. The molecule has 1 fully saturated rings. The number of alkyl halides is 3. The second-order valence-corrected chi connectivity index (χ2v) is 6.04. The highest BCUT2D eigenvalue weighted by atomic mass is 19.4. The Kier molecular flexibility index (Phi) is 4.72. The molecule has 1 aliphatic rings. The molecule has 7 nitrogen and oxygen atoms in total. The largest absolute Gasteiger partial charge is 0.440 e. The van der Waals surface area contributed by atoms with Gasteiger partial charge in [0.2, 0.25) is 5.91 Å². The Bertz CT molecular complexity index is 916. The molecule has 1 aliphatic heterocycles. The number of amides is 4. The van der Waals surface area contributed by atoms with Gasteiger partial charge >= 0.3 is 12.2 Å². The molecule has 4 amide bonds. The van der Waals surface area contributed by atoms with Gasteiger partial charge in [-0.15, -0.1) is 0 Å². The maximum atomic E-state index is 13.9. The minimum Gasteiger partial charge on any atom is -0.347 e. The number of nitrogens with zero attached hydrogens (tertiary/aromatic N) is 1. The molecule has 0 unspecified atom stereocenters. The average molecular weight is 392 g/mol. The third-order valence-corrected chi connectivity index (χ3v) is 4.00. The second-order valence-electron chi connectivity index (χ2n) is 6.04. The zero-order chi connectivity index (χ0) is 20.5. The van der Waals surface area contributed by atoms with Crippen LogP contribution in [0.2, 0.25) is 0 Å². The Hall–Kier alpha value is -3.56. The van der Waals surface area contributed by atoms with E-state index in [1.165, 1.54) is 55.5 Å². The Labute approximate surface area is 157 Å². The quantitative estimate of drug-likeness (QED) is 0.698. The van der Waals surface area contributed by atoms with Crippen LogP contribution in [0.3, 0.4) is 0 Å². The van der Waals surface area contributed by atoms with Crippen molar-refractivity contribution in [1.29, 1.82) is 0 Å². The third kappa shape index (κ3) is 3.36. The van der Waals surface area contributed by atoms with Gasteiger partial charge in [0.05, 0.1) is 5.69 Å². The molecule has 0 spiro atoms. The molecule has 3 N–H and O–H groups in total. The maximum absolute atomic E-state index is 13.9. The van der Waals surface area contributed by atoms with Crippen molar-refractivity contribution >= 4 is 34.9 Å². The normalized spacial score (nSPS) is 19.4. The van der Waals surface area contributed by atoms with Crippen LogP contribution in [0.1, 0.15) is 6.92 Å². The van der Waals surface area contributed by atoms with Crippen LogP contribution in [0.15, 0.2) is 54.6 Å². The van der Waals surface area contributed by atoms with E-state index in [9.17, 15) is 27.6 Å². The fourth-order valence-electron chi connectivity index (χ4n) is 2.75. The van der Waals surface area contributed by atoms with Crippen LogP contribution in [0, 0.1) is 0 Å². The molecule has 0 aromatic heterocycles. The highest BCUT2D eigenvalue weighted by Crippen LogP contribution is 2.38. The number of anilines is 3. The third-order valence-electron chi connectivity index (χ3n) is 4.00. The van der Waals surface area contributed by atoms with E-state index in [2.05, 4.69) is 10.6 Å². The van der Waals surface area contributed by atoms with E-state index in [1.54, 1.807) is 11.4 Å². The number of carbonyl (C=O) groups is 3. The number of imide groups is 1. The number of urea groups is 1. The maximum Gasteiger partial charge on any atom is 0.440 e. The lowest BCUT2D eigenvalue weighted by Gasteiger charge is -2.30. The van der Waals surface area contributed by atoms with E-state index in [0.29, 0.717) is 10.6 Å². The van der Waals surface area contributed by atoms with Gasteiger partial charge in [0.25, 0.3) is 11.6 Å². The van der Waals surface area contributed by atoms with Crippen LogP contribution in [0.4, 0.5) is 35.0 Å². The first-order valence-corrected chi connectivity index (χ1v) is 8.08. The van der Waals surface area contributed by atoms with Crippen molar-refractivity contribution in [2.24, 2.45) is 0 Å². The Balaban J connectivity index is 1.95. The van der Waals surface area contributed by atoms with E-state index >= 15 is 0 Å². The summed E-state index contributed by atoms with van der Waals surface area (Å²) in [6.07, 6.45) is -5.13. The predicted octanol–water partition coefficient (Wildman–Crippen LogP) is 3.07. The molecular weight excluding hydrogens is 377 g/mol. The molecule has 0 saturated carbocycles. The number of rotatable bonds is 4. The molecule has 28 heavy (non-hydrogen) atoms. The molecule has 0 radical (unpaired) electrons. The first-order chi connectivity index (χ1) is 13.1. The first kappa shape index (κ1) is 19.2. The number of hydrogen-bond acceptors (Lipinski definition) is 4. The fourth-order valence-corrected chi connectivity index (χ4v) is 2.75. The highest BCUT2D eigenvalue weighted by Gasteiger charge is 2.68. The van der Waals surface area contributed by atoms with E-state index in [-0.39, 0.29) is 17.3 Å². The van der Waals surface area contributed by atoms with E-state index in [0.717, 1.165) is 0 Å². The number of hydrogen-bond donors (Lipinski definition) is 3. The fraction of sp³-hybridized carbons (Fsp3) is 0.167. The topological polar surface area (TPSA) is 90.5 Å². The van der Waals surface area contributed by atoms with Gasteiger partial charge in [0, 0.05) is 18.3 Å². The number of benzene rings is 2. The second kappa shape index (κ2) is 6.87. The van der Waals surface area contributed by atoms with Crippen LogP contribution in [0.5, 0.6) is 0 Å². The van der Waals surface area contributed by atoms with E-state index in [1.807, 2.05) is 0 Å². The summed E-state index contributed by atoms with van der Waals surface area (Å²) in [7, 11) is 0. The summed E-state index contributed by atoms with van der Waals surface area (Å²) in [5.41, 5.74) is -3.02. The van der Waals surface area contributed by atoms with Crippen LogP contribution in [-0.4, -0.2) is 29.7 Å². The molecule has 0 aliphatic carbocycles. The molecule has 2 aromatic rings. The van der Waals surface area contributed by atoms with Crippen molar-refractivity contribution in [2.75, 3.05) is 15.5 Å². The summed E-state index contributed by atoms with van der Waals surface area (Å²) in [6, 6.07) is 11.3. The zero-order valence-electron chi connectivity index (χ0n) is 14.5. The molecule has 10 heteroatoms. The molecule has 1 atom stereocenters. The summed E-state index contributed by atoms with van der Waals surface area (Å²) >= 11 is 0. The minimum atomic E-state index is -5.13. The van der Waals surface area contributed by atoms with Gasteiger partial charge in [0.1, 0.15) is 0 Å². The highest BCUT2D eigenvalue weighted by molar-refractivity contribution is 6.24. The summed E-state index contributed by atoms with van der Waals surface area (Å²) in [4.78, 5) is 36.4. The number of nitrogens with one attached hydrogen (secondary N) is 3. The number of para-hydroxylation sites is 1.